The molecule has 1 heterocycles. The summed E-state index contributed by atoms with van der Waals surface area (Å²) in [4.78, 5) is 13.3. The van der Waals surface area contributed by atoms with E-state index in [9.17, 15) is 4.39 Å². The average molecular weight is 437 g/mol. The van der Waals surface area contributed by atoms with Crippen LogP contribution in [0.5, 0.6) is 5.75 Å². The molecule has 1 aliphatic rings. The van der Waals surface area contributed by atoms with Crippen molar-refractivity contribution < 1.29 is 9.13 Å². The summed E-state index contributed by atoms with van der Waals surface area (Å²) in [6, 6.07) is 5.16. The number of nitrogens with zero attached hydrogens (tertiary/aromatic N) is 4. The fourth-order valence-electron chi connectivity index (χ4n) is 3.43. The molecule has 1 saturated heterocycles. The molecule has 0 amide bonds. The van der Waals surface area contributed by atoms with Crippen LogP contribution in [0, 0.1) is 5.82 Å². The van der Waals surface area contributed by atoms with Crippen molar-refractivity contribution in [2.75, 3.05) is 65.9 Å². The van der Waals surface area contributed by atoms with Gasteiger partial charge in [0.25, 0.3) is 0 Å². The Morgan fingerprint density at radius 2 is 2.16 bits per heavy atom. The van der Waals surface area contributed by atoms with E-state index in [4.69, 9.17) is 10.5 Å². The molecule has 5 N–H and O–H groups in total. The Balaban J connectivity index is 2.00. The monoisotopic (exact) mass is 436 g/mol. The topological polar surface area (TPSA) is 103 Å². The zero-order chi connectivity index (χ0) is 22.6. The molecule has 1 aliphatic heterocycles. The Labute approximate surface area is 184 Å². The summed E-state index contributed by atoms with van der Waals surface area (Å²) < 4.78 is 19.0. The number of hydrogen-bond donors (Lipinski definition) is 4. The maximum absolute atomic E-state index is 14.1. The molecule has 0 saturated carbocycles. The Morgan fingerprint density at radius 3 is 2.84 bits per heavy atom. The van der Waals surface area contributed by atoms with E-state index in [0.29, 0.717) is 30.9 Å². The molecule has 0 aliphatic carbocycles. The van der Waals surface area contributed by atoms with Gasteiger partial charge in [-0.15, -0.1) is 0 Å². The summed E-state index contributed by atoms with van der Waals surface area (Å²) in [5.41, 5.74) is 6.53. The van der Waals surface area contributed by atoms with E-state index in [1.54, 1.807) is 12.1 Å². The van der Waals surface area contributed by atoms with Gasteiger partial charge in [0.05, 0.1) is 20.3 Å². The Hall–Kier alpha value is -2.43. The lowest BCUT2D eigenvalue weighted by Gasteiger charge is -2.22. The van der Waals surface area contributed by atoms with Crippen LogP contribution in [0.15, 0.2) is 28.2 Å². The van der Waals surface area contributed by atoms with Gasteiger partial charge in [0, 0.05) is 30.9 Å². The number of nitrogens with two attached hydrogens (primary N) is 1. The van der Waals surface area contributed by atoms with Crippen molar-refractivity contribution in [1.82, 2.24) is 20.4 Å². The van der Waals surface area contributed by atoms with E-state index in [1.165, 1.54) is 26.0 Å². The van der Waals surface area contributed by atoms with E-state index >= 15 is 0 Å². The van der Waals surface area contributed by atoms with E-state index < -0.39 is 5.82 Å². The fraction of sp³-hybridized carbons (Fsp3) is 0.619. The minimum Gasteiger partial charge on any atom is -0.494 e. The Kier molecular flexibility index (Phi) is 10.5. The number of likely N-dealkylation sites (tertiary alicyclic amines) is 1. The number of likely N-dealkylation sites (N-methyl/N-ethyl adjacent to an activating group) is 2. The van der Waals surface area contributed by atoms with Crippen molar-refractivity contribution >= 4 is 17.6 Å². The first-order chi connectivity index (χ1) is 14.9. The van der Waals surface area contributed by atoms with Crippen LogP contribution in [-0.2, 0) is 0 Å². The molecular weight excluding hydrogens is 399 g/mol. The summed E-state index contributed by atoms with van der Waals surface area (Å²) in [5.74, 6) is 0.357. The number of nitrogens with one attached hydrogen (secondary N) is 3. The third-order valence-corrected chi connectivity index (χ3v) is 5.12. The van der Waals surface area contributed by atoms with Crippen LogP contribution < -0.4 is 26.4 Å². The van der Waals surface area contributed by atoms with Gasteiger partial charge in [-0.05, 0) is 52.2 Å². The maximum Gasteiger partial charge on any atom is 0.203 e. The summed E-state index contributed by atoms with van der Waals surface area (Å²) in [7, 11) is 5.38. The number of hydrogen-bond acceptors (Lipinski definition) is 6. The van der Waals surface area contributed by atoms with Crippen LogP contribution >= 0.6 is 0 Å². The number of rotatable bonds is 10. The highest BCUT2D eigenvalue weighted by atomic mass is 19.1. The lowest BCUT2D eigenvalue weighted by Crippen LogP contribution is -2.42. The second-order valence-corrected chi connectivity index (χ2v) is 7.71. The molecule has 2 rings (SSSR count). The number of ether oxygens (including phenoxy) is 1. The van der Waals surface area contributed by atoms with Crippen LogP contribution in [0.25, 0.3) is 0 Å². The fourth-order valence-corrected chi connectivity index (χ4v) is 3.43. The molecule has 10 heteroatoms. The third-order valence-electron chi connectivity index (χ3n) is 5.12. The van der Waals surface area contributed by atoms with Gasteiger partial charge in [-0.2, -0.15) is 0 Å². The second-order valence-electron chi connectivity index (χ2n) is 7.71. The number of guanidine groups is 2. The normalized spacial score (nSPS) is 17.9. The largest absolute Gasteiger partial charge is 0.494 e. The third kappa shape index (κ3) is 8.68. The minimum atomic E-state index is -0.460. The lowest BCUT2D eigenvalue weighted by molar-refractivity contribution is 0.261. The highest BCUT2D eigenvalue weighted by Crippen LogP contribution is 2.20. The first-order valence-corrected chi connectivity index (χ1v) is 10.7. The Morgan fingerprint density at radius 1 is 1.35 bits per heavy atom. The van der Waals surface area contributed by atoms with E-state index in [2.05, 4.69) is 37.8 Å². The minimum absolute atomic E-state index is 0.181. The molecule has 9 nitrogen and oxygen atoms in total. The first kappa shape index (κ1) is 24.8. The second kappa shape index (κ2) is 13.1. The Bertz CT molecular complexity index is 740. The molecule has 1 atom stereocenters. The van der Waals surface area contributed by atoms with Crippen LogP contribution in [0.2, 0.25) is 0 Å². The predicted molar refractivity (Wildman–Crippen MR) is 125 cm³/mol. The number of halogens is 1. The van der Waals surface area contributed by atoms with Gasteiger partial charge in [-0.25, -0.2) is 9.38 Å². The molecule has 174 valence electrons. The van der Waals surface area contributed by atoms with Gasteiger partial charge < -0.3 is 20.7 Å². The molecule has 31 heavy (non-hydrogen) atoms. The quantitative estimate of drug-likeness (QED) is 0.247. The number of anilines is 1. The van der Waals surface area contributed by atoms with Gasteiger partial charge in [0.15, 0.2) is 17.5 Å². The van der Waals surface area contributed by atoms with Crippen molar-refractivity contribution in [2.24, 2.45) is 15.7 Å². The molecule has 1 aromatic carbocycles. The van der Waals surface area contributed by atoms with Gasteiger partial charge in [-0.1, -0.05) is 6.92 Å². The predicted octanol–water partition coefficient (Wildman–Crippen LogP) is 1.10. The van der Waals surface area contributed by atoms with Crippen molar-refractivity contribution in [3.63, 3.8) is 0 Å². The van der Waals surface area contributed by atoms with E-state index in [1.807, 2.05) is 19.0 Å². The molecule has 0 spiro atoms. The zero-order valence-electron chi connectivity index (χ0n) is 19.1. The van der Waals surface area contributed by atoms with Gasteiger partial charge >= 0.3 is 0 Å². The highest BCUT2D eigenvalue weighted by molar-refractivity contribution is 6.04. The number of benzene rings is 1. The number of aliphatic imine (C=N–C) groups is 2. The summed E-state index contributed by atoms with van der Waals surface area (Å²) in [5, 5.41) is 9.43. The van der Waals surface area contributed by atoms with Crippen molar-refractivity contribution in [1.29, 1.82) is 0 Å². The molecule has 1 aromatic rings. The molecule has 0 aromatic heterocycles. The summed E-state index contributed by atoms with van der Waals surface area (Å²) in [6.45, 7) is 7.01. The maximum atomic E-state index is 14.1. The summed E-state index contributed by atoms with van der Waals surface area (Å²) >= 11 is 0. The van der Waals surface area contributed by atoms with Crippen LogP contribution in [-0.4, -0.2) is 88.4 Å². The van der Waals surface area contributed by atoms with Crippen LogP contribution in [0.4, 0.5) is 10.1 Å². The molecular formula is C21H37FN8O. The van der Waals surface area contributed by atoms with Gasteiger partial charge in [0.2, 0.25) is 5.96 Å². The van der Waals surface area contributed by atoms with Crippen molar-refractivity contribution in [3.05, 3.63) is 24.0 Å². The molecule has 0 radical (unpaired) electrons. The first-order valence-electron chi connectivity index (χ1n) is 10.7. The van der Waals surface area contributed by atoms with E-state index in [0.717, 1.165) is 26.2 Å². The smallest absolute Gasteiger partial charge is 0.203 e. The lowest BCUT2D eigenvalue weighted by atomic mass is 10.2. The SMILES string of the molecule is CCN1CCCC1CNCN=C(NC(N)=NCCN(C)C)Nc1ccc(OC)c(F)c1. The van der Waals surface area contributed by atoms with E-state index in [-0.39, 0.29) is 11.7 Å². The zero-order valence-corrected chi connectivity index (χ0v) is 19.1. The average Bonchev–Trinajstić information content (AvgIpc) is 3.18. The van der Waals surface area contributed by atoms with Gasteiger partial charge in [-0.3, -0.25) is 20.5 Å². The molecule has 1 fully saturated rings. The van der Waals surface area contributed by atoms with Crippen molar-refractivity contribution in [3.8, 4) is 5.75 Å². The van der Waals surface area contributed by atoms with Crippen molar-refractivity contribution in [2.45, 2.75) is 25.8 Å². The van der Waals surface area contributed by atoms with Crippen LogP contribution in [0.1, 0.15) is 19.8 Å². The van der Waals surface area contributed by atoms with Crippen LogP contribution in [0.3, 0.4) is 0 Å². The number of methoxy groups -OCH3 is 1. The van der Waals surface area contributed by atoms with Gasteiger partial charge in [0.1, 0.15) is 0 Å². The molecule has 1 unspecified atom stereocenters. The summed E-state index contributed by atoms with van der Waals surface area (Å²) in [6.07, 6.45) is 2.44. The standard InChI is InChI=1S/C21H37FN8O/c1-5-30-11-6-7-17(30)14-24-15-26-21(28-20(23)25-10-12-29(2)3)27-16-8-9-19(31-4)18(22)13-16/h8-9,13,17,24H,5-7,10-12,14-15H2,1-4H3,(H4,23,25,26,27,28). The highest BCUT2D eigenvalue weighted by Gasteiger charge is 2.21. The molecule has 0 bridgehead atoms.